The van der Waals surface area contributed by atoms with Crippen LogP contribution in [0.4, 0.5) is 0 Å². The van der Waals surface area contributed by atoms with Crippen molar-refractivity contribution in [3.05, 3.63) is 0 Å². The van der Waals surface area contributed by atoms with Gasteiger partial charge < -0.3 is 5.11 Å². The molecule has 2 atom stereocenters. The summed E-state index contributed by atoms with van der Waals surface area (Å²) in [6, 6.07) is 0. The minimum absolute atomic E-state index is 0.420. The zero-order valence-electron chi connectivity index (χ0n) is 10.3. The molecule has 0 aromatic heterocycles. The van der Waals surface area contributed by atoms with Gasteiger partial charge in [-0.2, -0.15) is 0 Å². The minimum atomic E-state index is -0.420. The smallest absolute Gasteiger partial charge is 0.0659 e. The second-order valence-corrected chi connectivity index (χ2v) is 5.25. The lowest BCUT2D eigenvalue weighted by atomic mass is 9.72. The van der Waals surface area contributed by atoms with Gasteiger partial charge >= 0.3 is 0 Å². The van der Waals surface area contributed by atoms with E-state index in [0.717, 1.165) is 25.7 Å². The summed E-state index contributed by atoms with van der Waals surface area (Å²) in [4.78, 5) is 0. The molecule has 0 aromatic rings. The van der Waals surface area contributed by atoms with Gasteiger partial charge in [0.2, 0.25) is 0 Å². The molecule has 1 rings (SSSR count). The third-order valence-corrected chi connectivity index (χ3v) is 3.69. The fourth-order valence-electron chi connectivity index (χ4n) is 2.60. The van der Waals surface area contributed by atoms with Crippen LogP contribution >= 0.6 is 0 Å². The van der Waals surface area contributed by atoms with Crippen molar-refractivity contribution in [1.82, 2.24) is 0 Å². The van der Waals surface area contributed by atoms with E-state index >= 15 is 0 Å². The number of rotatable bonds is 3. The normalized spacial score (nSPS) is 31.1. The standard InChI is InChI=1S/C14H24O/c1-4-5-6-9-14(15)10-7-8-13(11-14)12(2)3/h12-13,15H,6-11H2,1-3H3. The molecule has 1 aliphatic rings. The van der Waals surface area contributed by atoms with Crippen molar-refractivity contribution in [3.8, 4) is 11.8 Å². The minimum Gasteiger partial charge on any atom is -0.390 e. The third-order valence-electron chi connectivity index (χ3n) is 3.69. The van der Waals surface area contributed by atoms with Gasteiger partial charge in [-0.25, -0.2) is 0 Å². The topological polar surface area (TPSA) is 20.2 Å². The lowest BCUT2D eigenvalue weighted by Crippen LogP contribution is -2.36. The molecule has 15 heavy (non-hydrogen) atoms. The van der Waals surface area contributed by atoms with Crippen molar-refractivity contribution in [1.29, 1.82) is 0 Å². The fraction of sp³-hybridized carbons (Fsp3) is 0.857. The molecule has 0 saturated heterocycles. The van der Waals surface area contributed by atoms with Crippen LogP contribution in [0.15, 0.2) is 0 Å². The first kappa shape index (κ1) is 12.6. The first-order valence-electron chi connectivity index (χ1n) is 6.19. The number of aliphatic hydroxyl groups is 1. The second-order valence-electron chi connectivity index (χ2n) is 5.25. The summed E-state index contributed by atoms with van der Waals surface area (Å²) in [6.45, 7) is 6.40. The van der Waals surface area contributed by atoms with E-state index in [1.165, 1.54) is 12.8 Å². The van der Waals surface area contributed by atoms with Crippen LogP contribution in [0.2, 0.25) is 0 Å². The van der Waals surface area contributed by atoms with Crippen molar-refractivity contribution in [2.75, 3.05) is 0 Å². The number of hydrogen-bond acceptors (Lipinski definition) is 1. The van der Waals surface area contributed by atoms with E-state index in [2.05, 4.69) is 25.7 Å². The van der Waals surface area contributed by atoms with Crippen molar-refractivity contribution in [2.45, 2.75) is 64.9 Å². The van der Waals surface area contributed by atoms with Crippen LogP contribution in [-0.4, -0.2) is 10.7 Å². The molecule has 0 spiro atoms. The molecular weight excluding hydrogens is 184 g/mol. The van der Waals surface area contributed by atoms with Crippen molar-refractivity contribution < 1.29 is 5.11 Å². The SMILES string of the molecule is CC#CCCC1(O)CCCC(C(C)C)C1. The molecule has 0 heterocycles. The lowest BCUT2D eigenvalue weighted by molar-refractivity contribution is -0.0299. The summed E-state index contributed by atoms with van der Waals surface area (Å²) in [5.41, 5.74) is -0.420. The summed E-state index contributed by atoms with van der Waals surface area (Å²) in [5.74, 6) is 7.36. The largest absolute Gasteiger partial charge is 0.390 e. The molecule has 1 N–H and O–H groups in total. The maximum atomic E-state index is 10.4. The molecule has 1 aliphatic carbocycles. The van der Waals surface area contributed by atoms with Gasteiger partial charge in [0, 0.05) is 6.42 Å². The maximum Gasteiger partial charge on any atom is 0.0659 e. The Balaban J connectivity index is 2.47. The molecule has 0 bridgehead atoms. The van der Waals surface area contributed by atoms with Crippen molar-refractivity contribution >= 4 is 0 Å². The van der Waals surface area contributed by atoms with Crippen LogP contribution in [0.1, 0.15) is 59.3 Å². The van der Waals surface area contributed by atoms with E-state index < -0.39 is 5.60 Å². The lowest BCUT2D eigenvalue weighted by Gasteiger charge is -2.38. The Labute approximate surface area is 94.3 Å². The van der Waals surface area contributed by atoms with Gasteiger partial charge in [0.1, 0.15) is 0 Å². The summed E-state index contributed by atoms with van der Waals surface area (Å²) in [6.07, 6.45) is 6.13. The second kappa shape index (κ2) is 5.56. The zero-order valence-corrected chi connectivity index (χ0v) is 10.3. The fourth-order valence-corrected chi connectivity index (χ4v) is 2.60. The van der Waals surface area contributed by atoms with Crippen LogP contribution in [0.5, 0.6) is 0 Å². The highest BCUT2D eigenvalue weighted by molar-refractivity contribution is 4.98. The Kier molecular flexibility index (Phi) is 4.67. The molecule has 0 aromatic carbocycles. The van der Waals surface area contributed by atoms with E-state index in [9.17, 15) is 5.11 Å². The van der Waals surface area contributed by atoms with Gasteiger partial charge in [-0.1, -0.05) is 20.3 Å². The van der Waals surface area contributed by atoms with Crippen LogP contribution in [-0.2, 0) is 0 Å². The molecule has 1 saturated carbocycles. The molecule has 1 fully saturated rings. The highest BCUT2D eigenvalue weighted by Gasteiger charge is 2.34. The third kappa shape index (κ3) is 3.87. The maximum absolute atomic E-state index is 10.4. The average molecular weight is 208 g/mol. The Morgan fingerprint density at radius 2 is 2.20 bits per heavy atom. The van der Waals surface area contributed by atoms with E-state index in [0.29, 0.717) is 11.8 Å². The molecule has 1 heteroatoms. The van der Waals surface area contributed by atoms with Gasteiger partial charge in [0.25, 0.3) is 0 Å². The Hall–Kier alpha value is -0.480. The van der Waals surface area contributed by atoms with Gasteiger partial charge in [0.05, 0.1) is 5.60 Å². The molecule has 2 unspecified atom stereocenters. The van der Waals surface area contributed by atoms with Gasteiger partial charge in [-0.05, 0) is 44.4 Å². The first-order chi connectivity index (χ1) is 7.07. The van der Waals surface area contributed by atoms with E-state index in [1.54, 1.807) is 0 Å². The Bertz CT molecular complexity index is 246. The average Bonchev–Trinajstić information content (AvgIpc) is 2.18. The highest BCUT2D eigenvalue weighted by Crippen LogP contribution is 2.38. The van der Waals surface area contributed by atoms with Gasteiger partial charge in [0.15, 0.2) is 0 Å². The zero-order chi connectivity index (χ0) is 11.3. The van der Waals surface area contributed by atoms with E-state index in [-0.39, 0.29) is 0 Å². The summed E-state index contributed by atoms with van der Waals surface area (Å²) in [5, 5.41) is 10.4. The Morgan fingerprint density at radius 1 is 1.47 bits per heavy atom. The molecule has 86 valence electrons. The van der Waals surface area contributed by atoms with Gasteiger partial charge in [-0.3, -0.25) is 0 Å². The molecule has 0 amide bonds. The van der Waals surface area contributed by atoms with Crippen LogP contribution in [0, 0.1) is 23.7 Å². The summed E-state index contributed by atoms with van der Waals surface area (Å²) in [7, 11) is 0. The van der Waals surface area contributed by atoms with E-state index in [1.807, 2.05) is 6.92 Å². The quantitative estimate of drug-likeness (QED) is 0.705. The molecule has 0 radical (unpaired) electrons. The van der Waals surface area contributed by atoms with Crippen molar-refractivity contribution in [3.63, 3.8) is 0 Å². The Morgan fingerprint density at radius 3 is 2.80 bits per heavy atom. The molecule has 0 aliphatic heterocycles. The number of hydrogen-bond donors (Lipinski definition) is 1. The molecule has 1 nitrogen and oxygen atoms in total. The predicted octanol–water partition coefficient (Wildman–Crippen LogP) is 3.37. The van der Waals surface area contributed by atoms with Crippen LogP contribution in [0.3, 0.4) is 0 Å². The van der Waals surface area contributed by atoms with Crippen molar-refractivity contribution in [2.24, 2.45) is 11.8 Å². The molecular formula is C14H24O. The summed E-state index contributed by atoms with van der Waals surface area (Å²) >= 11 is 0. The monoisotopic (exact) mass is 208 g/mol. The summed E-state index contributed by atoms with van der Waals surface area (Å²) < 4.78 is 0. The van der Waals surface area contributed by atoms with Crippen LogP contribution in [0.25, 0.3) is 0 Å². The van der Waals surface area contributed by atoms with Gasteiger partial charge in [-0.15, -0.1) is 11.8 Å². The first-order valence-corrected chi connectivity index (χ1v) is 6.19. The van der Waals surface area contributed by atoms with Crippen LogP contribution < -0.4 is 0 Å². The highest BCUT2D eigenvalue weighted by atomic mass is 16.3. The van der Waals surface area contributed by atoms with E-state index in [4.69, 9.17) is 0 Å². The predicted molar refractivity (Wildman–Crippen MR) is 64.4 cm³/mol.